The number of nitrogens with one attached hydrogen (secondary N) is 2. The number of hydroxylamine groups is 1. The molecule has 3 N–H and O–H groups in total. The van der Waals surface area contributed by atoms with E-state index in [9.17, 15) is 4.79 Å². The normalized spacial score (nSPS) is 20.8. The monoisotopic (exact) mass is 392 g/mol. The zero-order chi connectivity index (χ0) is 20.4. The number of carbonyl (C=O) groups excluding carboxylic acids is 1. The lowest BCUT2D eigenvalue weighted by molar-refractivity contribution is 0.0290. The van der Waals surface area contributed by atoms with Crippen molar-refractivity contribution >= 4 is 16.8 Å². The third-order valence-corrected chi connectivity index (χ3v) is 5.82. The first-order valence-corrected chi connectivity index (χ1v) is 10.1. The number of aromatic nitrogens is 1. The molecule has 0 unspecified atom stereocenters. The first kappa shape index (κ1) is 19.6. The fourth-order valence-electron chi connectivity index (χ4n) is 4.42. The van der Waals surface area contributed by atoms with Crippen molar-refractivity contribution in [3.63, 3.8) is 0 Å². The van der Waals surface area contributed by atoms with Crippen LogP contribution in [0.1, 0.15) is 35.5 Å². The first-order chi connectivity index (χ1) is 14.0. The van der Waals surface area contributed by atoms with Gasteiger partial charge < -0.3 is 4.98 Å². The maximum Gasteiger partial charge on any atom is 0.291 e. The molecule has 1 amide bonds. The van der Waals surface area contributed by atoms with Crippen LogP contribution in [0.25, 0.3) is 10.9 Å². The summed E-state index contributed by atoms with van der Waals surface area (Å²) in [6.07, 6.45) is 0. The van der Waals surface area contributed by atoms with Gasteiger partial charge in [0.05, 0.1) is 0 Å². The summed E-state index contributed by atoms with van der Waals surface area (Å²) < 4.78 is 0. The summed E-state index contributed by atoms with van der Waals surface area (Å²) >= 11 is 0. The predicted octanol–water partition coefficient (Wildman–Crippen LogP) is 3.38. The molecule has 0 bridgehead atoms. The molecule has 6 nitrogen and oxygen atoms in total. The molecule has 1 saturated heterocycles. The minimum Gasteiger partial charge on any atom is -0.350 e. The van der Waals surface area contributed by atoms with Gasteiger partial charge in [0.1, 0.15) is 5.69 Å². The van der Waals surface area contributed by atoms with E-state index in [4.69, 9.17) is 5.21 Å². The molecule has 1 aliphatic heterocycles. The van der Waals surface area contributed by atoms with E-state index in [0.717, 1.165) is 37.1 Å². The van der Waals surface area contributed by atoms with Gasteiger partial charge in [0, 0.05) is 49.2 Å². The van der Waals surface area contributed by atoms with Crippen molar-refractivity contribution in [2.45, 2.75) is 39.0 Å². The number of rotatable bonds is 5. The molecule has 29 heavy (non-hydrogen) atoms. The fourth-order valence-corrected chi connectivity index (χ4v) is 4.42. The smallest absolute Gasteiger partial charge is 0.291 e. The van der Waals surface area contributed by atoms with Crippen molar-refractivity contribution in [2.75, 3.05) is 13.1 Å². The topological polar surface area (TPSA) is 71.6 Å². The maximum atomic E-state index is 11.6. The Labute approximate surface area is 171 Å². The van der Waals surface area contributed by atoms with Gasteiger partial charge in [-0.2, -0.15) is 0 Å². The molecule has 1 aliphatic rings. The number of carbonyl (C=O) groups is 1. The van der Waals surface area contributed by atoms with E-state index in [1.165, 1.54) is 11.1 Å². The number of nitrogens with zero attached hydrogens (tertiary/aromatic N) is 2. The largest absolute Gasteiger partial charge is 0.350 e. The minimum absolute atomic E-state index is 0.358. The lowest BCUT2D eigenvalue weighted by Crippen LogP contribution is -2.55. The van der Waals surface area contributed by atoms with Crippen molar-refractivity contribution in [3.05, 3.63) is 71.4 Å². The van der Waals surface area contributed by atoms with Crippen LogP contribution >= 0.6 is 0 Å². The Morgan fingerprint density at radius 1 is 1.03 bits per heavy atom. The summed E-state index contributed by atoms with van der Waals surface area (Å²) in [4.78, 5) is 19.7. The number of fused-ring (bicyclic) bond motifs is 1. The molecule has 2 atom stereocenters. The minimum atomic E-state index is -0.528. The Balaban J connectivity index is 1.43. The summed E-state index contributed by atoms with van der Waals surface area (Å²) in [5, 5.41) is 9.80. The fraction of sp³-hybridized carbons (Fsp3) is 0.348. The Morgan fingerprint density at radius 2 is 1.76 bits per heavy atom. The molecular formula is C23H28N4O2. The van der Waals surface area contributed by atoms with Crippen LogP contribution < -0.4 is 5.48 Å². The molecule has 2 aromatic carbocycles. The molecular weight excluding hydrogens is 364 g/mol. The third kappa shape index (κ3) is 4.34. The van der Waals surface area contributed by atoms with Crippen LogP contribution in [-0.4, -0.2) is 51.1 Å². The highest BCUT2D eigenvalue weighted by molar-refractivity contribution is 5.97. The Kier molecular flexibility index (Phi) is 5.67. The van der Waals surface area contributed by atoms with Gasteiger partial charge in [-0.25, -0.2) is 5.48 Å². The summed E-state index contributed by atoms with van der Waals surface area (Å²) in [7, 11) is 0. The first-order valence-electron chi connectivity index (χ1n) is 10.1. The highest BCUT2D eigenvalue weighted by Crippen LogP contribution is 2.23. The van der Waals surface area contributed by atoms with E-state index < -0.39 is 5.91 Å². The number of amides is 1. The molecule has 0 spiro atoms. The highest BCUT2D eigenvalue weighted by atomic mass is 16.5. The molecule has 6 heteroatoms. The van der Waals surface area contributed by atoms with Crippen molar-refractivity contribution in [1.82, 2.24) is 20.3 Å². The second-order valence-electron chi connectivity index (χ2n) is 8.10. The van der Waals surface area contributed by atoms with Crippen molar-refractivity contribution < 1.29 is 10.0 Å². The zero-order valence-corrected chi connectivity index (χ0v) is 16.9. The van der Waals surface area contributed by atoms with Crippen LogP contribution in [0.4, 0.5) is 0 Å². The molecule has 2 heterocycles. The lowest BCUT2D eigenvalue weighted by Gasteiger charge is -2.44. The van der Waals surface area contributed by atoms with Crippen LogP contribution in [0, 0.1) is 0 Å². The van der Waals surface area contributed by atoms with E-state index >= 15 is 0 Å². The Morgan fingerprint density at radius 3 is 2.45 bits per heavy atom. The molecule has 152 valence electrons. The number of H-pyrrole nitrogens is 1. The molecule has 4 rings (SSSR count). The van der Waals surface area contributed by atoms with Gasteiger partial charge in [0.2, 0.25) is 0 Å². The van der Waals surface area contributed by atoms with E-state index in [-0.39, 0.29) is 0 Å². The average molecular weight is 393 g/mol. The van der Waals surface area contributed by atoms with E-state index in [0.29, 0.717) is 17.8 Å². The van der Waals surface area contributed by atoms with Gasteiger partial charge >= 0.3 is 0 Å². The molecule has 0 saturated carbocycles. The number of piperazine rings is 1. The zero-order valence-electron chi connectivity index (χ0n) is 16.9. The van der Waals surface area contributed by atoms with Crippen LogP contribution in [0.5, 0.6) is 0 Å². The summed E-state index contributed by atoms with van der Waals surface area (Å²) in [5.41, 5.74) is 5.51. The highest BCUT2D eigenvalue weighted by Gasteiger charge is 2.29. The molecule has 1 aromatic heterocycles. The quantitative estimate of drug-likeness (QED) is 0.460. The summed E-state index contributed by atoms with van der Waals surface area (Å²) in [6, 6.07) is 19.6. The van der Waals surface area contributed by atoms with Crippen LogP contribution in [0.15, 0.2) is 54.6 Å². The van der Waals surface area contributed by atoms with Crippen molar-refractivity contribution in [1.29, 1.82) is 0 Å². The van der Waals surface area contributed by atoms with Gasteiger partial charge in [0.25, 0.3) is 5.91 Å². The summed E-state index contributed by atoms with van der Waals surface area (Å²) in [6.45, 7) is 8.54. The standard InChI is InChI=1S/C23H28N4O2/c1-16-12-26(13-17(2)27(16)15-18-6-4-3-5-7-18)14-19-8-9-21-20(10-19)11-22(24-21)23(28)25-29/h3-11,16-17,24,29H,12-15H2,1-2H3,(H,25,28)/t16-,17+. The van der Waals surface area contributed by atoms with Crippen LogP contribution in [0.2, 0.25) is 0 Å². The number of hydrogen-bond acceptors (Lipinski definition) is 4. The van der Waals surface area contributed by atoms with E-state index in [1.54, 1.807) is 11.5 Å². The Hall–Kier alpha value is -2.67. The molecule has 1 fully saturated rings. The predicted molar refractivity (Wildman–Crippen MR) is 114 cm³/mol. The van der Waals surface area contributed by atoms with E-state index in [1.807, 2.05) is 6.07 Å². The second-order valence-corrected chi connectivity index (χ2v) is 8.10. The average Bonchev–Trinajstić information content (AvgIpc) is 3.14. The van der Waals surface area contributed by atoms with Crippen LogP contribution in [-0.2, 0) is 13.1 Å². The van der Waals surface area contributed by atoms with Gasteiger partial charge in [-0.1, -0.05) is 36.4 Å². The van der Waals surface area contributed by atoms with Gasteiger partial charge in [0.15, 0.2) is 0 Å². The van der Waals surface area contributed by atoms with Gasteiger partial charge in [-0.3, -0.25) is 19.8 Å². The number of hydrogen-bond donors (Lipinski definition) is 3. The molecule has 3 aromatic rings. The van der Waals surface area contributed by atoms with Crippen molar-refractivity contribution in [2.24, 2.45) is 0 Å². The van der Waals surface area contributed by atoms with Gasteiger partial charge in [-0.05, 0) is 43.2 Å². The second kappa shape index (κ2) is 8.37. The molecule has 0 aliphatic carbocycles. The summed E-state index contributed by atoms with van der Waals surface area (Å²) in [5.74, 6) is -0.528. The van der Waals surface area contributed by atoms with Crippen molar-refractivity contribution in [3.8, 4) is 0 Å². The van der Waals surface area contributed by atoms with Gasteiger partial charge in [-0.15, -0.1) is 0 Å². The lowest BCUT2D eigenvalue weighted by atomic mass is 10.0. The SMILES string of the molecule is C[C@@H]1CN(Cc2ccc3[nH]c(C(=O)NO)cc3c2)C[C@H](C)N1Cc1ccccc1. The van der Waals surface area contributed by atoms with Crippen LogP contribution in [0.3, 0.4) is 0 Å². The van der Waals surface area contributed by atoms with E-state index in [2.05, 4.69) is 71.1 Å². The maximum absolute atomic E-state index is 11.6. The number of aromatic amines is 1. The number of benzene rings is 2. The third-order valence-electron chi connectivity index (χ3n) is 5.82. The molecule has 0 radical (unpaired) electrons. The Bertz CT molecular complexity index is 973.